The van der Waals surface area contributed by atoms with Crippen LogP contribution in [-0.4, -0.2) is 46.2 Å². The Bertz CT molecular complexity index is 8.00. The first-order valence-electron chi connectivity index (χ1n) is 0. The van der Waals surface area contributed by atoms with Crippen LogP contribution < -0.4 is 0 Å². The summed E-state index contributed by atoms with van der Waals surface area (Å²) in [6, 6.07) is 0. The van der Waals surface area contributed by atoms with Gasteiger partial charge in [-0.15, -0.1) is 0 Å². The van der Waals surface area contributed by atoms with Crippen LogP contribution in [0.3, 0.4) is 0 Å². The standard InChI is InChI=1S/CH4.BH3.Ca.Mn.2H/h1H4;1H3;;;;. The zero-order valence-corrected chi connectivity index (χ0v) is 1.56. The molecule has 0 aliphatic rings. The molecule has 25 valence electrons. The minimum atomic E-state index is 0. The summed E-state index contributed by atoms with van der Waals surface area (Å²) in [5.74, 6) is 0. The Morgan fingerprint density at radius 3 is 1.00 bits per heavy atom. The molecule has 0 unspecified atom stereocenters. The second kappa shape index (κ2) is 21.0. The predicted molar refractivity (Wildman–Crippen MR) is 25.2 cm³/mol. The van der Waals surface area contributed by atoms with Gasteiger partial charge in [-0.05, 0) is 0 Å². The Kier molecular flexibility index (Phi) is 212. The van der Waals surface area contributed by atoms with Gasteiger partial charge in [-0.2, -0.15) is 0 Å². The van der Waals surface area contributed by atoms with E-state index in [1.54, 1.807) is 0 Å². The van der Waals surface area contributed by atoms with Crippen molar-refractivity contribution in [2.75, 3.05) is 0 Å². The molecular formula is CH9BCaMn. The van der Waals surface area contributed by atoms with Crippen molar-refractivity contribution in [1.29, 1.82) is 0 Å². The van der Waals surface area contributed by atoms with Gasteiger partial charge in [0, 0.05) is 17.1 Å². The van der Waals surface area contributed by atoms with Gasteiger partial charge < -0.3 is 0 Å². The number of hydrogen-bond acceptors (Lipinski definition) is 0. The predicted octanol–water partition coefficient (Wildman–Crippen LogP) is -1.47. The Labute approximate surface area is 69.8 Å². The van der Waals surface area contributed by atoms with E-state index in [9.17, 15) is 0 Å². The molecule has 0 atom stereocenters. The molecule has 0 saturated carbocycles. The summed E-state index contributed by atoms with van der Waals surface area (Å²) in [6.07, 6.45) is 0. The van der Waals surface area contributed by atoms with E-state index in [0.29, 0.717) is 0 Å². The Balaban J connectivity index is 0. The Hall–Kier alpha value is 1.84. The van der Waals surface area contributed by atoms with E-state index >= 15 is 0 Å². The fraction of sp³-hybridized carbons (Fsp3) is 1.00. The van der Waals surface area contributed by atoms with E-state index in [2.05, 4.69) is 0 Å². The number of hydrogen-bond donors (Lipinski definition) is 0. The minimum absolute atomic E-state index is 0. The second-order valence-corrected chi connectivity index (χ2v) is 0. The normalized spacial score (nSPS) is 0. The third-order valence-corrected chi connectivity index (χ3v) is 0. The third-order valence-electron chi connectivity index (χ3n) is 0. The van der Waals surface area contributed by atoms with Crippen molar-refractivity contribution in [3.63, 3.8) is 0 Å². The van der Waals surface area contributed by atoms with Crippen LogP contribution in [0.25, 0.3) is 0 Å². The van der Waals surface area contributed by atoms with Crippen LogP contribution in [0.2, 0.25) is 0 Å². The van der Waals surface area contributed by atoms with E-state index in [0.717, 1.165) is 0 Å². The molecular weight excluding hydrogens is 118 g/mol. The van der Waals surface area contributed by atoms with E-state index in [4.69, 9.17) is 0 Å². The second-order valence-electron chi connectivity index (χ2n) is 0. The van der Waals surface area contributed by atoms with Crippen LogP contribution in [0.5, 0.6) is 0 Å². The van der Waals surface area contributed by atoms with Gasteiger partial charge in [0.05, 0.1) is 8.41 Å². The summed E-state index contributed by atoms with van der Waals surface area (Å²) in [4.78, 5) is 0. The fourth-order valence-corrected chi connectivity index (χ4v) is 0. The maximum Gasteiger partial charge on any atom is 0 e. The van der Waals surface area contributed by atoms with E-state index in [-0.39, 0.29) is 70.6 Å². The average molecular weight is 127 g/mol. The largest absolute Gasteiger partial charge is 0 e. The number of rotatable bonds is 0. The monoisotopic (exact) mass is 127 g/mol. The molecule has 0 aliphatic carbocycles. The van der Waals surface area contributed by atoms with E-state index in [1.807, 2.05) is 0 Å². The summed E-state index contributed by atoms with van der Waals surface area (Å²) in [5.41, 5.74) is 0. The van der Waals surface area contributed by atoms with Crippen molar-refractivity contribution in [2.45, 2.75) is 7.43 Å². The van der Waals surface area contributed by atoms with Crippen molar-refractivity contribution in [1.82, 2.24) is 0 Å². The van der Waals surface area contributed by atoms with Gasteiger partial charge in [0.15, 0.2) is 0 Å². The van der Waals surface area contributed by atoms with Crippen LogP contribution in [-0.2, 0) is 17.1 Å². The molecule has 0 heterocycles. The molecule has 0 nitrogen and oxygen atoms in total. The van der Waals surface area contributed by atoms with Gasteiger partial charge in [0.25, 0.3) is 0 Å². The van der Waals surface area contributed by atoms with Crippen LogP contribution in [0.1, 0.15) is 7.43 Å². The van der Waals surface area contributed by atoms with Crippen molar-refractivity contribution in [3.8, 4) is 0 Å². The van der Waals surface area contributed by atoms with Crippen LogP contribution in [0, 0.1) is 0 Å². The molecule has 3 heteroatoms. The van der Waals surface area contributed by atoms with E-state index in [1.165, 1.54) is 0 Å². The van der Waals surface area contributed by atoms with Crippen molar-refractivity contribution in [3.05, 3.63) is 0 Å². The molecule has 0 spiro atoms. The molecule has 0 aromatic carbocycles. The maximum atomic E-state index is 0. The molecule has 0 aliphatic heterocycles. The van der Waals surface area contributed by atoms with Gasteiger partial charge in [-0.1, -0.05) is 7.43 Å². The Morgan fingerprint density at radius 2 is 1.00 bits per heavy atom. The topological polar surface area (TPSA) is 0 Å². The summed E-state index contributed by atoms with van der Waals surface area (Å²) in [7, 11) is 0. The smallest absolute Gasteiger partial charge is 0 e. The first-order chi connectivity index (χ1) is 0. The fourth-order valence-electron chi connectivity index (χ4n) is 0. The van der Waals surface area contributed by atoms with Gasteiger partial charge in [0.2, 0.25) is 0 Å². The molecule has 0 rings (SSSR count). The van der Waals surface area contributed by atoms with Gasteiger partial charge in [-0.25, -0.2) is 0 Å². The molecule has 0 aromatic rings. The molecule has 0 fully saturated rings. The van der Waals surface area contributed by atoms with Crippen LogP contribution >= 0.6 is 0 Å². The first kappa shape index (κ1) is 40.3. The molecule has 1 radical (unpaired) electrons. The molecule has 0 bridgehead atoms. The summed E-state index contributed by atoms with van der Waals surface area (Å²) in [6.45, 7) is 0. The van der Waals surface area contributed by atoms with Crippen molar-refractivity contribution < 1.29 is 17.1 Å². The van der Waals surface area contributed by atoms with Crippen LogP contribution in [0.15, 0.2) is 0 Å². The van der Waals surface area contributed by atoms with Crippen molar-refractivity contribution in [2.24, 2.45) is 0 Å². The summed E-state index contributed by atoms with van der Waals surface area (Å²) >= 11 is 0. The Morgan fingerprint density at radius 1 is 1.00 bits per heavy atom. The van der Waals surface area contributed by atoms with Crippen molar-refractivity contribution >= 4 is 46.2 Å². The zero-order chi connectivity index (χ0) is 0. The zero-order valence-electron chi connectivity index (χ0n) is 0.378. The summed E-state index contributed by atoms with van der Waals surface area (Å²) < 4.78 is 0. The molecule has 0 amide bonds. The van der Waals surface area contributed by atoms with E-state index < -0.39 is 0 Å². The SMILES string of the molecule is B.C.[CaH2].[Mn]. The van der Waals surface area contributed by atoms with Gasteiger partial charge in [0.1, 0.15) is 0 Å². The quantitative estimate of drug-likeness (QED) is 0.348. The average Bonchev–Trinajstić information content (AvgIpc) is 0. The van der Waals surface area contributed by atoms with Gasteiger partial charge in [-0.3, -0.25) is 0 Å². The molecule has 0 N–H and O–H groups in total. The molecule has 0 aromatic heterocycles. The summed E-state index contributed by atoms with van der Waals surface area (Å²) in [5, 5.41) is 0. The maximum absolute atomic E-state index is 0. The third kappa shape index (κ3) is 9.14. The molecule has 0 saturated heterocycles. The first-order valence-corrected chi connectivity index (χ1v) is 0. The van der Waals surface area contributed by atoms with Gasteiger partial charge >= 0.3 is 37.7 Å². The van der Waals surface area contributed by atoms with Crippen LogP contribution in [0.4, 0.5) is 0 Å². The molecule has 4 heavy (non-hydrogen) atoms. The minimum Gasteiger partial charge on any atom is 0 e.